The highest BCUT2D eigenvalue weighted by Crippen LogP contribution is 2.20. The van der Waals surface area contributed by atoms with Crippen LogP contribution >= 0.6 is 15.9 Å². The number of nitrogens with zero attached hydrogens (tertiary/aromatic N) is 12. The number of amides is 9. The second-order valence-electron chi connectivity index (χ2n) is 31.7. The Labute approximate surface area is 777 Å². The number of H-pyrrole nitrogens is 3. The molecule has 3 aromatic carbocycles. The zero-order valence-electron chi connectivity index (χ0n) is 76.4. The van der Waals surface area contributed by atoms with E-state index in [1.165, 1.54) is 42.5 Å². The number of hydrogen-bond donors (Lipinski definition) is 13. The summed E-state index contributed by atoms with van der Waals surface area (Å²) in [4.78, 5) is 217. The molecule has 6 heterocycles. The Kier molecular flexibility index (Phi) is 44.5. The summed E-state index contributed by atoms with van der Waals surface area (Å²) in [5, 5.41) is 31.8. The van der Waals surface area contributed by atoms with E-state index in [9.17, 15) is 77.0 Å². The molecule has 9 amide bonds. The molecule has 0 aliphatic rings. The van der Waals surface area contributed by atoms with Crippen LogP contribution in [0.5, 0.6) is 0 Å². The van der Waals surface area contributed by atoms with Gasteiger partial charge in [0.05, 0.1) is 32.2 Å². The number of alkyl carbamates (subject to hydrolysis) is 6. The van der Waals surface area contributed by atoms with Crippen LogP contribution in [0.2, 0.25) is 0 Å². The van der Waals surface area contributed by atoms with Crippen molar-refractivity contribution in [3.63, 3.8) is 0 Å². The number of benzene rings is 3. The number of anilines is 3. The van der Waals surface area contributed by atoms with Crippen LogP contribution in [-0.2, 0) is 106 Å². The molecule has 0 atom stereocenters. The van der Waals surface area contributed by atoms with Gasteiger partial charge in [-0.25, -0.2) is 58.1 Å². The van der Waals surface area contributed by atoms with Gasteiger partial charge in [-0.05, 0) is 112 Å². The molecule has 0 bridgehead atoms. The number of carboxylic acids is 1. The molecular weight excluding hydrogens is 1820 g/mol. The number of alkyl halides is 1. The van der Waals surface area contributed by atoms with Gasteiger partial charge >= 0.3 is 71.5 Å². The van der Waals surface area contributed by atoms with Crippen LogP contribution in [0.25, 0.3) is 33.5 Å². The van der Waals surface area contributed by atoms with Crippen molar-refractivity contribution in [2.24, 2.45) is 0 Å². The highest BCUT2D eigenvalue weighted by Gasteiger charge is 2.27. The fraction of sp³-hybridized carbons (Fsp3) is 0.471. The molecule has 6 aromatic heterocycles. The number of aliphatic carboxylic acids is 1. The van der Waals surface area contributed by atoms with Crippen LogP contribution in [0.3, 0.4) is 0 Å². The minimum absolute atomic E-state index is 0.00181. The molecule has 0 spiro atoms. The summed E-state index contributed by atoms with van der Waals surface area (Å²) < 4.78 is 44.8. The van der Waals surface area contributed by atoms with Gasteiger partial charge in [-0.2, -0.15) is 15.0 Å². The molecule has 0 fully saturated rings. The summed E-state index contributed by atoms with van der Waals surface area (Å²) in [6.07, 6.45) is 2.45. The molecule has 728 valence electrons. The van der Waals surface area contributed by atoms with Gasteiger partial charge < -0.3 is 120 Å². The predicted molar refractivity (Wildman–Crippen MR) is 491 cm³/mol. The number of hydrogen-bond acceptors (Lipinski definition) is 32. The third-order valence-electron chi connectivity index (χ3n) is 17.3. The zero-order chi connectivity index (χ0) is 98.3. The zero-order valence-corrected chi connectivity index (χ0v) is 78.0. The first-order valence-electron chi connectivity index (χ1n) is 42.4. The summed E-state index contributed by atoms with van der Waals surface area (Å²) in [6, 6.07) is 28.2. The number of carbonyl (C=O) groups excluding carboxylic acids is 11. The lowest BCUT2D eigenvalue weighted by molar-refractivity contribution is -0.149. The Morgan fingerprint density at radius 1 is 0.403 bits per heavy atom. The number of halogens is 1. The number of nitrogen functional groups attached to an aromatic ring is 1. The van der Waals surface area contributed by atoms with E-state index in [4.69, 9.17) is 43.6 Å². The topological polar surface area (TPSA) is 622 Å². The van der Waals surface area contributed by atoms with Crippen molar-refractivity contribution in [1.82, 2.24) is 105 Å². The lowest BCUT2D eigenvalue weighted by atomic mass is 10.2. The van der Waals surface area contributed by atoms with E-state index in [1.54, 1.807) is 76.2 Å². The Balaban J connectivity index is 0.000000290. The smallest absolute Gasteiger partial charge is 0.407 e. The van der Waals surface area contributed by atoms with Crippen LogP contribution in [0.4, 0.5) is 46.2 Å². The molecule has 0 unspecified atom stereocenters. The molecule has 9 aromatic rings. The van der Waals surface area contributed by atoms with Crippen LogP contribution in [0.15, 0.2) is 124 Å². The van der Waals surface area contributed by atoms with E-state index >= 15 is 0 Å². The largest absolute Gasteiger partial charge is 0.480 e. The molecule has 48 nitrogen and oxygen atoms in total. The monoisotopic (exact) mass is 1940 g/mol. The van der Waals surface area contributed by atoms with Crippen LogP contribution in [0, 0.1) is 0 Å². The molecule has 134 heavy (non-hydrogen) atoms. The Bertz CT molecular complexity index is 5520. The molecule has 14 N–H and O–H groups in total. The number of nitrogens with two attached hydrogens (primary N) is 1. The van der Waals surface area contributed by atoms with Crippen LogP contribution in [-0.4, -0.2) is 278 Å². The Morgan fingerprint density at radius 3 is 1.01 bits per heavy atom. The van der Waals surface area contributed by atoms with E-state index in [2.05, 4.69) is 103 Å². The number of ether oxygens (including phenoxy) is 8. The van der Waals surface area contributed by atoms with Gasteiger partial charge in [0.2, 0.25) is 17.7 Å². The van der Waals surface area contributed by atoms with Crippen molar-refractivity contribution >= 4 is 139 Å². The fourth-order valence-corrected chi connectivity index (χ4v) is 11.7. The minimum atomic E-state index is -1.24. The van der Waals surface area contributed by atoms with Gasteiger partial charge in [-0.3, -0.25) is 43.7 Å². The SMILES string of the molecule is CC(C)(C)OC(=O)NCCN(CC(=O)O)C(=O)Cn1cnc2c(NCCCNC(=O)OCc3ccccc3)[nH]c(=O)nc21.CCOC(=O)CN(CCNC(=O)OC(C)(C)C)C(=O)Cn1cnc2c(N)[nH]c(=O)nc21.CCOC(=O)CN(CCNC(=O)OC(C)(C)C)C(=O)Cn1cnc2c(NCCCNC(=O)OCc3ccccc3)[nH]c(=O)nc21.O=C(NCCCBr)OCc1ccccc1. The third-order valence-corrected chi connectivity index (χ3v) is 17.8. The number of aromatic amines is 3. The maximum Gasteiger partial charge on any atom is 0.407 e. The predicted octanol–water partition coefficient (Wildman–Crippen LogP) is 5.37. The number of carbonyl (C=O) groups is 12. The van der Waals surface area contributed by atoms with E-state index in [0.717, 1.165) is 33.3 Å². The van der Waals surface area contributed by atoms with E-state index < -0.39 is 107 Å². The number of nitrogens with one attached hydrogen (secondary N) is 11. The van der Waals surface area contributed by atoms with Crippen molar-refractivity contribution in [3.05, 3.63) is 158 Å². The highest BCUT2D eigenvalue weighted by molar-refractivity contribution is 9.09. The van der Waals surface area contributed by atoms with Crippen molar-refractivity contribution in [3.8, 4) is 0 Å². The summed E-state index contributed by atoms with van der Waals surface area (Å²) >= 11 is 3.28. The quantitative estimate of drug-likeness (QED) is 0.00990. The van der Waals surface area contributed by atoms with Gasteiger partial charge in [0.1, 0.15) is 110 Å². The first kappa shape index (κ1) is 108. The van der Waals surface area contributed by atoms with Crippen molar-refractivity contribution in [2.75, 3.05) is 127 Å². The lowest BCUT2D eigenvalue weighted by Crippen LogP contribution is -2.44. The molecule has 0 aliphatic heterocycles. The van der Waals surface area contributed by atoms with Gasteiger partial charge in [0.25, 0.3) is 0 Å². The number of aromatic nitrogens is 12. The van der Waals surface area contributed by atoms with E-state index in [-0.39, 0.29) is 139 Å². The summed E-state index contributed by atoms with van der Waals surface area (Å²) in [5.74, 6) is -3.39. The second-order valence-corrected chi connectivity index (χ2v) is 32.5. The second kappa shape index (κ2) is 55.3. The molecule has 0 aliphatic carbocycles. The minimum Gasteiger partial charge on any atom is -0.480 e. The van der Waals surface area contributed by atoms with Gasteiger partial charge in [-0.15, -0.1) is 0 Å². The van der Waals surface area contributed by atoms with E-state index in [0.29, 0.717) is 69.0 Å². The van der Waals surface area contributed by atoms with Crippen molar-refractivity contribution in [1.29, 1.82) is 0 Å². The fourth-order valence-electron chi connectivity index (χ4n) is 11.4. The number of esters is 2. The first-order valence-corrected chi connectivity index (χ1v) is 43.6. The summed E-state index contributed by atoms with van der Waals surface area (Å²) in [6.45, 7) is 19.5. The van der Waals surface area contributed by atoms with Gasteiger partial charge in [0, 0.05) is 77.3 Å². The molecular formula is C85H117BrN24O24. The van der Waals surface area contributed by atoms with Gasteiger partial charge in [0.15, 0.2) is 16.9 Å². The molecule has 0 saturated heterocycles. The maximum atomic E-state index is 13.2. The van der Waals surface area contributed by atoms with Gasteiger partial charge in [-0.1, -0.05) is 107 Å². The average Bonchev–Trinajstić information content (AvgIpc) is 1.65. The lowest BCUT2D eigenvalue weighted by Gasteiger charge is -2.23. The first-order chi connectivity index (χ1) is 63.7. The summed E-state index contributed by atoms with van der Waals surface area (Å²) in [7, 11) is 0. The number of carboxylic acid groups (broad SMARTS) is 1. The normalized spacial score (nSPS) is 10.9. The van der Waals surface area contributed by atoms with Crippen LogP contribution < -0.4 is 65.3 Å². The average molecular weight is 1940 g/mol. The van der Waals surface area contributed by atoms with Crippen LogP contribution in [0.1, 0.15) is 112 Å². The molecule has 9 rings (SSSR count). The molecule has 0 saturated carbocycles. The number of fused-ring (bicyclic) bond motifs is 3. The number of imidazole rings is 3. The molecule has 49 heteroatoms. The maximum absolute atomic E-state index is 13.2. The van der Waals surface area contributed by atoms with Crippen molar-refractivity contribution in [2.45, 2.75) is 152 Å². The van der Waals surface area contributed by atoms with Crippen molar-refractivity contribution < 1.29 is 101 Å². The Hall–Kier alpha value is -15.0. The Morgan fingerprint density at radius 2 is 0.701 bits per heavy atom. The number of rotatable bonds is 42. The molecule has 0 radical (unpaired) electrons. The highest BCUT2D eigenvalue weighted by atomic mass is 79.9. The van der Waals surface area contributed by atoms with E-state index in [1.807, 2.05) is 91.0 Å². The standard InChI is InChI=1S/C29H40N8O8.C27H36N8O8.C18H27N7O6.C11H14BrNO2/c1-5-43-22(39)17-36(15-14-32-28(42)45-29(2,3)4)21(38)16-37-19-33-23-24(34-26(40)35-25(23)37)30-12-9-13-31-27(41)44-18-20-10-7-6-8-11-20;1-27(2,3)43-26(41)30-12-13-34(15-20(37)38)19(36)14-35-17-31-21-22(32-24(39)33-23(21)35)28-10-7-11-29-25(40)42-16-18-8-5-4-6-9-18;1-5-30-12(27)9-24(7-6-20-17(29)31-18(2,3)4)11(26)8-25-10-21-13-14(19)22-16(28)23-15(13)25;12-7-4-8-13-11(14)15-9-10-5-2-1-3-6-10/h6-8,10-11,19H,5,9,12-18H2,1-4H3,(H,31,41)(H,32,42)(H2,30,34,35,40);4-6,8-9,17H,7,10-16H2,1-3H3,(H,29,40)(H,30,41)(H,37,38)(H2,28,32,33,39);10H,5-9H2,1-4H3,(H,20,29)(H3,19,22,23,28);1-3,5-6H,4,7-9H2,(H,13,14). The third kappa shape index (κ3) is 41.4. The summed E-state index contributed by atoms with van der Waals surface area (Å²) in [5.41, 5.74) is 5.63.